The van der Waals surface area contributed by atoms with Crippen molar-refractivity contribution in [2.24, 2.45) is 0 Å². The van der Waals surface area contributed by atoms with E-state index in [9.17, 15) is 4.79 Å². The molecule has 8 heteroatoms. The lowest BCUT2D eigenvalue weighted by molar-refractivity contribution is 0.393. The molecule has 0 unspecified atom stereocenters. The molecule has 0 bridgehead atoms. The van der Waals surface area contributed by atoms with Gasteiger partial charge in [-0.05, 0) is 42.8 Å². The van der Waals surface area contributed by atoms with Gasteiger partial charge < -0.3 is 9.47 Å². The molecule has 2 aromatic heterocycles. The normalized spacial score (nSPS) is 11.0. The molecule has 0 atom stereocenters. The molecule has 0 amide bonds. The Morgan fingerprint density at radius 1 is 1.07 bits per heavy atom. The quantitative estimate of drug-likeness (QED) is 0.502. The van der Waals surface area contributed by atoms with E-state index in [4.69, 9.17) is 21.1 Å². The highest BCUT2D eigenvalue weighted by molar-refractivity contribution is 6.30. The van der Waals surface area contributed by atoms with Gasteiger partial charge >= 0.3 is 0 Å². The molecule has 4 rings (SSSR count). The van der Waals surface area contributed by atoms with Crippen LogP contribution in [0.3, 0.4) is 0 Å². The van der Waals surface area contributed by atoms with Crippen molar-refractivity contribution >= 4 is 22.5 Å². The third kappa shape index (κ3) is 3.56. The Hall–Kier alpha value is -3.32. The fourth-order valence-electron chi connectivity index (χ4n) is 3.26. The van der Waals surface area contributed by atoms with Crippen molar-refractivity contribution in [3.05, 3.63) is 75.3 Å². The summed E-state index contributed by atoms with van der Waals surface area (Å²) in [7, 11) is 3.17. The zero-order valence-electron chi connectivity index (χ0n) is 16.2. The number of ether oxygens (including phenoxy) is 2. The van der Waals surface area contributed by atoms with E-state index < -0.39 is 0 Å². The molecule has 148 valence electrons. The van der Waals surface area contributed by atoms with Crippen molar-refractivity contribution in [2.45, 2.75) is 13.5 Å². The van der Waals surface area contributed by atoms with Gasteiger partial charge in [0.2, 0.25) is 0 Å². The Morgan fingerprint density at radius 3 is 2.45 bits per heavy atom. The third-order valence-corrected chi connectivity index (χ3v) is 4.90. The fourth-order valence-corrected chi connectivity index (χ4v) is 3.45. The van der Waals surface area contributed by atoms with Crippen molar-refractivity contribution in [3.63, 3.8) is 0 Å². The molecule has 2 heterocycles. The smallest absolute Gasteiger partial charge is 0.293 e. The number of hydrogen-bond donors (Lipinski definition) is 0. The van der Waals surface area contributed by atoms with Gasteiger partial charge in [-0.25, -0.2) is 9.36 Å². The first kappa shape index (κ1) is 19.0. The predicted octanol–water partition coefficient (Wildman–Crippen LogP) is 3.61. The summed E-state index contributed by atoms with van der Waals surface area (Å²) in [5.41, 5.74) is 2.47. The van der Waals surface area contributed by atoms with E-state index in [-0.39, 0.29) is 12.1 Å². The first-order valence-electron chi connectivity index (χ1n) is 8.93. The van der Waals surface area contributed by atoms with Crippen molar-refractivity contribution in [1.29, 1.82) is 0 Å². The first-order valence-corrected chi connectivity index (χ1v) is 9.31. The first-order chi connectivity index (χ1) is 14.0. The van der Waals surface area contributed by atoms with Crippen LogP contribution in [0, 0.1) is 6.92 Å². The Bertz CT molecular complexity index is 1240. The Morgan fingerprint density at radius 2 is 1.79 bits per heavy atom. The second kappa shape index (κ2) is 7.60. The van der Waals surface area contributed by atoms with E-state index in [0.717, 1.165) is 5.56 Å². The van der Waals surface area contributed by atoms with E-state index in [1.165, 1.54) is 4.68 Å². The zero-order chi connectivity index (χ0) is 20.5. The third-order valence-electron chi connectivity index (χ3n) is 4.66. The number of aryl methyl sites for hydroxylation is 1. The summed E-state index contributed by atoms with van der Waals surface area (Å²) in [5, 5.41) is 10.1. The Labute approximate surface area is 172 Å². The minimum atomic E-state index is -0.245. The minimum Gasteiger partial charge on any atom is -0.497 e. The predicted molar refractivity (Wildman–Crippen MR) is 112 cm³/mol. The van der Waals surface area contributed by atoms with Gasteiger partial charge in [0.1, 0.15) is 17.0 Å². The summed E-state index contributed by atoms with van der Waals surface area (Å²) in [6, 6.07) is 12.7. The van der Waals surface area contributed by atoms with Crippen LogP contribution in [0.15, 0.2) is 53.5 Å². The van der Waals surface area contributed by atoms with Crippen LogP contribution in [0.5, 0.6) is 11.5 Å². The lowest BCUT2D eigenvalue weighted by atomic mass is 10.2. The van der Waals surface area contributed by atoms with E-state index in [1.807, 2.05) is 31.2 Å². The van der Waals surface area contributed by atoms with E-state index in [1.54, 1.807) is 43.3 Å². The molecule has 0 saturated heterocycles. The van der Waals surface area contributed by atoms with Crippen molar-refractivity contribution in [3.8, 4) is 17.2 Å². The molecular formula is C21H19ClN4O3. The van der Waals surface area contributed by atoms with Crippen LogP contribution in [0.25, 0.3) is 16.6 Å². The van der Waals surface area contributed by atoms with Gasteiger partial charge in [-0.1, -0.05) is 17.7 Å². The SMILES string of the molecule is COc1cc(Cn2nc(C)c3cnn(-c4cccc(Cl)c4)c3c2=O)cc(OC)c1. The number of hydrogen-bond acceptors (Lipinski definition) is 5. The Balaban J connectivity index is 1.86. The van der Waals surface area contributed by atoms with Gasteiger partial charge in [-0.15, -0.1) is 0 Å². The maximum atomic E-state index is 13.3. The molecule has 0 aliphatic rings. The lowest BCUT2D eigenvalue weighted by Gasteiger charge is -2.11. The molecule has 0 spiro atoms. The molecule has 0 fully saturated rings. The number of rotatable bonds is 5. The molecule has 4 aromatic rings. The van der Waals surface area contributed by atoms with Gasteiger partial charge in [-0.3, -0.25) is 4.79 Å². The van der Waals surface area contributed by atoms with E-state index in [0.29, 0.717) is 38.8 Å². The molecule has 0 aliphatic heterocycles. The maximum absolute atomic E-state index is 13.3. The summed E-state index contributed by atoms with van der Waals surface area (Å²) in [5.74, 6) is 1.29. The molecule has 7 nitrogen and oxygen atoms in total. The highest BCUT2D eigenvalue weighted by atomic mass is 35.5. The standard InChI is InChI=1S/C21H19ClN4O3/c1-13-19-11-23-26(16-6-4-5-15(22)9-16)20(19)21(27)25(24-13)12-14-7-17(28-2)10-18(8-14)29-3/h4-11H,12H2,1-3H3. The fraction of sp³-hybridized carbons (Fsp3) is 0.190. The molecular weight excluding hydrogens is 392 g/mol. The average Bonchev–Trinajstić information content (AvgIpc) is 3.17. The number of nitrogens with zero attached hydrogens (tertiary/aromatic N) is 4. The van der Waals surface area contributed by atoms with Crippen molar-refractivity contribution < 1.29 is 9.47 Å². The van der Waals surface area contributed by atoms with Gasteiger partial charge in [-0.2, -0.15) is 10.2 Å². The number of fused-ring (bicyclic) bond motifs is 1. The highest BCUT2D eigenvalue weighted by Gasteiger charge is 2.16. The van der Waals surface area contributed by atoms with Crippen molar-refractivity contribution in [1.82, 2.24) is 19.6 Å². The number of methoxy groups -OCH3 is 2. The molecule has 0 N–H and O–H groups in total. The van der Waals surface area contributed by atoms with E-state index >= 15 is 0 Å². The van der Waals surface area contributed by atoms with Crippen LogP contribution in [0.1, 0.15) is 11.3 Å². The van der Waals surface area contributed by atoms with Crippen LogP contribution in [0.2, 0.25) is 5.02 Å². The largest absolute Gasteiger partial charge is 0.497 e. The van der Waals surface area contributed by atoms with Gasteiger partial charge in [0.05, 0.1) is 38.3 Å². The zero-order valence-corrected chi connectivity index (χ0v) is 17.0. The molecule has 0 saturated carbocycles. The summed E-state index contributed by atoms with van der Waals surface area (Å²) in [6.07, 6.45) is 1.65. The number of benzene rings is 2. The summed E-state index contributed by atoms with van der Waals surface area (Å²) in [6.45, 7) is 2.12. The van der Waals surface area contributed by atoms with Crippen LogP contribution in [-0.2, 0) is 6.54 Å². The molecule has 29 heavy (non-hydrogen) atoms. The van der Waals surface area contributed by atoms with Gasteiger partial charge in [0, 0.05) is 16.5 Å². The summed E-state index contributed by atoms with van der Waals surface area (Å²) < 4.78 is 13.7. The second-order valence-corrected chi connectivity index (χ2v) is 7.00. The van der Waals surface area contributed by atoms with E-state index in [2.05, 4.69) is 10.2 Å². The maximum Gasteiger partial charge on any atom is 0.293 e. The van der Waals surface area contributed by atoms with Crippen molar-refractivity contribution in [2.75, 3.05) is 14.2 Å². The number of halogens is 1. The van der Waals surface area contributed by atoms with Crippen LogP contribution in [0.4, 0.5) is 0 Å². The van der Waals surface area contributed by atoms with Crippen LogP contribution >= 0.6 is 11.6 Å². The minimum absolute atomic E-state index is 0.245. The lowest BCUT2D eigenvalue weighted by Crippen LogP contribution is -2.26. The summed E-state index contributed by atoms with van der Waals surface area (Å²) in [4.78, 5) is 13.3. The summed E-state index contributed by atoms with van der Waals surface area (Å²) >= 11 is 6.12. The topological polar surface area (TPSA) is 71.2 Å². The Kier molecular flexibility index (Phi) is 4.98. The van der Waals surface area contributed by atoms with Crippen LogP contribution < -0.4 is 15.0 Å². The molecule has 0 radical (unpaired) electrons. The highest BCUT2D eigenvalue weighted by Crippen LogP contribution is 2.24. The average molecular weight is 411 g/mol. The molecule has 2 aromatic carbocycles. The van der Waals surface area contributed by atoms with Gasteiger partial charge in [0.15, 0.2) is 0 Å². The van der Waals surface area contributed by atoms with Gasteiger partial charge in [0.25, 0.3) is 5.56 Å². The van der Waals surface area contributed by atoms with Crippen LogP contribution in [-0.4, -0.2) is 33.8 Å². The molecule has 0 aliphatic carbocycles. The number of aromatic nitrogens is 4. The monoisotopic (exact) mass is 410 g/mol. The second-order valence-electron chi connectivity index (χ2n) is 6.57.